The number of carbonyl (C=O) groups is 1. The number of halogens is 3. The fraction of sp³-hybridized carbons (Fsp3) is 0.538. The van der Waals surface area contributed by atoms with Gasteiger partial charge in [-0.3, -0.25) is 9.78 Å². The molecule has 1 aliphatic carbocycles. The van der Waals surface area contributed by atoms with E-state index in [0.717, 1.165) is 0 Å². The first-order valence-electron chi connectivity index (χ1n) is 6.26. The van der Waals surface area contributed by atoms with Gasteiger partial charge in [-0.05, 0) is 25.0 Å². The summed E-state index contributed by atoms with van der Waals surface area (Å²) in [5.41, 5.74) is 0.286. The van der Waals surface area contributed by atoms with Crippen LogP contribution >= 0.6 is 0 Å². The van der Waals surface area contributed by atoms with Gasteiger partial charge in [0, 0.05) is 18.4 Å². The van der Waals surface area contributed by atoms with Gasteiger partial charge in [0.05, 0.1) is 11.5 Å². The summed E-state index contributed by atoms with van der Waals surface area (Å²) in [6.07, 6.45) is 0.329. The van der Waals surface area contributed by atoms with Gasteiger partial charge in [0.25, 0.3) is 5.91 Å². The maximum Gasteiger partial charge on any atom is 0.393 e. The zero-order chi connectivity index (χ0) is 13.9. The van der Waals surface area contributed by atoms with E-state index in [9.17, 15) is 18.0 Å². The first-order chi connectivity index (χ1) is 8.98. The normalized spacial score (nSPS) is 23.9. The second kappa shape index (κ2) is 5.59. The molecule has 1 fully saturated rings. The summed E-state index contributed by atoms with van der Waals surface area (Å²) >= 11 is 0. The van der Waals surface area contributed by atoms with Crippen molar-refractivity contribution >= 4 is 5.91 Å². The molecule has 0 spiro atoms. The third-order valence-corrected chi connectivity index (χ3v) is 3.43. The van der Waals surface area contributed by atoms with Gasteiger partial charge in [-0.2, -0.15) is 13.2 Å². The van der Waals surface area contributed by atoms with Crippen molar-refractivity contribution in [3.63, 3.8) is 0 Å². The van der Waals surface area contributed by atoms with E-state index in [2.05, 4.69) is 10.3 Å². The standard InChI is InChI=1S/C13H15F3N2O/c14-13(15,16)10-5-1-2-6-11(10)18-12(19)9-4-3-7-17-8-9/h3-4,7-8,10-11H,1-2,5-6H2,(H,18,19). The zero-order valence-corrected chi connectivity index (χ0v) is 10.3. The molecule has 2 atom stereocenters. The van der Waals surface area contributed by atoms with Gasteiger partial charge in [0.1, 0.15) is 0 Å². The Bertz CT molecular complexity index is 433. The quantitative estimate of drug-likeness (QED) is 0.899. The maximum atomic E-state index is 12.9. The number of carbonyl (C=O) groups excluding carboxylic acids is 1. The monoisotopic (exact) mass is 272 g/mol. The van der Waals surface area contributed by atoms with Crippen LogP contribution in [-0.2, 0) is 0 Å². The summed E-state index contributed by atoms with van der Waals surface area (Å²) in [7, 11) is 0. The first-order valence-corrected chi connectivity index (χ1v) is 6.26. The lowest BCUT2D eigenvalue weighted by molar-refractivity contribution is -0.187. The van der Waals surface area contributed by atoms with Crippen LogP contribution in [0.1, 0.15) is 36.0 Å². The van der Waals surface area contributed by atoms with E-state index < -0.39 is 24.0 Å². The van der Waals surface area contributed by atoms with E-state index in [-0.39, 0.29) is 12.0 Å². The van der Waals surface area contributed by atoms with Crippen molar-refractivity contribution in [1.82, 2.24) is 10.3 Å². The molecule has 1 aromatic rings. The van der Waals surface area contributed by atoms with Crippen LogP contribution in [0.3, 0.4) is 0 Å². The Morgan fingerprint density at radius 3 is 2.68 bits per heavy atom. The van der Waals surface area contributed by atoms with Crippen LogP contribution in [0.4, 0.5) is 13.2 Å². The molecule has 104 valence electrons. The lowest BCUT2D eigenvalue weighted by atomic mass is 9.84. The average Bonchev–Trinajstić information content (AvgIpc) is 2.39. The Morgan fingerprint density at radius 1 is 1.32 bits per heavy atom. The molecule has 1 heterocycles. The van der Waals surface area contributed by atoms with Crippen LogP contribution in [0.15, 0.2) is 24.5 Å². The number of amides is 1. The molecule has 3 nitrogen and oxygen atoms in total. The summed E-state index contributed by atoms with van der Waals surface area (Å²) in [5.74, 6) is -1.93. The molecule has 0 saturated heterocycles. The Balaban J connectivity index is 2.06. The van der Waals surface area contributed by atoms with Gasteiger partial charge in [0.2, 0.25) is 0 Å². The summed E-state index contributed by atoms with van der Waals surface area (Å²) in [5, 5.41) is 2.49. The lowest BCUT2D eigenvalue weighted by Crippen LogP contribution is -2.47. The zero-order valence-electron chi connectivity index (χ0n) is 10.3. The van der Waals surface area contributed by atoms with Crippen LogP contribution in [0, 0.1) is 5.92 Å². The van der Waals surface area contributed by atoms with Crippen molar-refractivity contribution in [2.75, 3.05) is 0 Å². The number of nitrogens with zero attached hydrogens (tertiary/aromatic N) is 1. The van der Waals surface area contributed by atoms with E-state index in [4.69, 9.17) is 0 Å². The van der Waals surface area contributed by atoms with Gasteiger partial charge in [-0.1, -0.05) is 12.8 Å². The predicted molar refractivity (Wildman–Crippen MR) is 63.5 cm³/mol. The second-order valence-electron chi connectivity index (χ2n) is 4.75. The number of hydrogen-bond donors (Lipinski definition) is 1. The van der Waals surface area contributed by atoms with Crippen molar-refractivity contribution in [2.45, 2.75) is 37.9 Å². The van der Waals surface area contributed by atoms with Crippen molar-refractivity contribution in [1.29, 1.82) is 0 Å². The van der Waals surface area contributed by atoms with E-state index >= 15 is 0 Å². The largest absolute Gasteiger partial charge is 0.393 e. The summed E-state index contributed by atoms with van der Waals surface area (Å²) in [6, 6.07) is 2.28. The Hall–Kier alpha value is -1.59. The number of aromatic nitrogens is 1. The van der Waals surface area contributed by atoms with Crippen LogP contribution in [0.25, 0.3) is 0 Å². The van der Waals surface area contributed by atoms with Crippen molar-refractivity contribution < 1.29 is 18.0 Å². The van der Waals surface area contributed by atoms with Gasteiger partial charge < -0.3 is 5.32 Å². The summed E-state index contributed by atoms with van der Waals surface area (Å²) in [6.45, 7) is 0. The minimum atomic E-state index is -4.26. The molecule has 1 N–H and O–H groups in total. The van der Waals surface area contributed by atoms with E-state index in [1.165, 1.54) is 18.5 Å². The number of hydrogen-bond acceptors (Lipinski definition) is 2. The highest BCUT2D eigenvalue weighted by Crippen LogP contribution is 2.37. The van der Waals surface area contributed by atoms with Crippen LogP contribution in [-0.4, -0.2) is 23.1 Å². The SMILES string of the molecule is O=C(NC1CCCCC1C(F)(F)F)c1cccnc1. The third-order valence-electron chi connectivity index (χ3n) is 3.43. The van der Waals surface area contributed by atoms with Gasteiger partial charge in [0.15, 0.2) is 0 Å². The van der Waals surface area contributed by atoms with Crippen LogP contribution < -0.4 is 5.32 Å². The number of nitrogens with one attached hydrogen (secondary N) is 1. The molecule has 0 bridgehead atoms. The molecule has 1 aromatic heterocycles. The number of alkyl halides is 3. The molecule has 0 radical (unpaired) electrons. The van der Waals surface area contributed by atoms with Crippen LogP contribution in [0.5, 0.6) is 0 Å². The highest BCUT2D eigenvalue weighted by molar-refractivity contribution is 5.94. The van der Waals surface area contributed by atoms with E-state index in [1.807, 2.05) is 0 Å². The Kier molecular flexibility index (Phi) is 4.07. The Labute approximate surface area is 109 Å². The lowest BCUT2D eigenvalue weighted by Gasteiger charge is -2.33. The third kappa shape index (κ3) is 3.45. The average molecular weight is 272 g/mol. The smallest absolute Gasteiger partial charge is 0.349 e. The molecule has 1 amide bonds. The topological polar surface area (TPSA) is 42.0 Å². The molecule has 6 heteroatoms. The molecule has 2 rings (SSSR count). The van der Waals surface area contributed by atoms with Gasteiger partial charge >= 0.3 is 6.18 Å². The maximum absolute atomic E-state index is 12.9. The van der Waals surface area contributed by atoms with Crippen LogP contribution in [0.2, 0.25) is 0 Å². The van der Waals surface area contributed by atoms with E-state index in [0.29, 0.717) is 19.3 Å². The molecule has 0 aliphatic heterocycles. The van der Waals surface area contributed by atoms with E-state index in [1.54, 1.807) is 6.07 Å². The molecule has 0 aromatic carbocycles. The first kappa shape index (κ1) is 13.8. The highest BCUT2D eigenvalue weighted by atomic mass is 19.4. The van der Waals surface area contributed by atoms with Gasteiger partial charge in [-0.25, -0.2) is 0 Å². The van der Waals surface area contributed by atoms with Crippen molar-refractivity contribution in [3.05, 3.63) is 30.1 Å². The predicted octanol–water partition coefficient (Wildman–Crippen LogP) is 2.93. The summed E-state index contributed by atoms with van der Waals surface area (Å²) < 4.78 is 38.6. The Morgan fingerprint density at radius 2 is 2.05 bits per heavy atom. The molecule has 1 saturated carbocycles. The summed E-state index contributed by atoms with van der Waals surface area (Å²) in [4.78, 5) is 15.7. The van der Waals surface area contributed by atoms with Gasteiger partial charge in [-0.15, -0.1) is 0 Å². The molecule has 1 aliphatic rings. The minimum Gasteiger partial charge on any atom is -0.349 e. The van der Waals surface area contributed by atoms with Crippen molar-refractivity contribution in [3.8, 4) is 0 Å². The fourth-order valence-electron chi connectivity index (χ4n) is 2.44. The molecule has 2 unspecified atom stereocenters. The minimum absolute atomic E-state index is 0.0848. The number of rotatable bonds is 2. The molecular formula is C13H15F3N2O. The fourth-order valence-corrected chi connectivity index (χ4v) is 2.44. The second-order valence-corrected chi connectivity index (χ2v) is 4.75. The molecular weight excluding hydrogens is 257 g/mol. The highest BCUT2D eigenvalue weighted by Gasteiger charge is 2.45. The number of pyridine rings is 1. The molecule has 19 heavy (non-hydrogen) atoms. The van der Waals surface area contributed by atoms with Crippen molar-refractivity contribution in [2.24, 2.45) is 5.92 Å².